The Bertz CT molecular complexity index is 6410. The molecule has 0 saturated heterocycles. The van der Waals surface area contributed by atoms with Gasteiger partial charge in [0.1, 0.15) is 0 Å². The number of carbonyl (C=O) groups excluding carboxylic acids is 1. The second-order valence-corrected chi connectivity index (χ2v) is 30.2. The summed E-state index contributed by atoms with van der Waals surface area (Å²) in [6.45, 7) is 5.72. The molecule has 3 aromatic heterocycles. The summed E-state index contributed by atoms with van der Waals surface area (Å²) in [5, 5.41) is 20.1. The summed E-state index contributed by atoms with van der Waals surface area (Å²) in [5.74, 6) is -0.0584. The molecule has 18 aromatic rings. The van der Waals surface area contributed by atoms with Crippen molar-refractivity contribution in [3.8, 4) is 17.1 Å². The van der Waals surface area contributed by atoms with Gasteiger partial charge in [-0.05, 0) is 81.7 Å². The molecule has 2 unspecified atom stereocenters. The normalized spacial score (nSPS) is 12.6. The summed E-state index contributed by atoms with van der Waals surface area (Å²) in [4.78, 5) is 11.9. The number of rotatable bonds is 10. The minimum Gasteiger partial charge on any atom is -0.380 e. The molecule has 0 amide bonds. The van der Waals surface area contributed by atoms with Crippen LogP contribution in [0.4, 0.5) is 0 Å². The van der Waals surface area contributed by atoms with Crippen molar-refractivity contribution in [1.82, 2.24) is 13.7 Å². The first-order valence-corrected chi connectivity index (χ1v) is 40.2. The summed E-state index contributed by atoms with van der Waals surface area (Å²) < 4.78 is 42.2. The van der Waals surface area contributed by atoms with E-state index in [1.807, 2.05) is 109 Å². The summed E-state index contributed by atoms with van der Waals surface area (Å²) in [6, 6.07) is 135. The molecule has 19 rings (SSSR count). The van der Waals surface area contributed by atoms with Gasteiger partial charge >= 0.3 is 29.3 Å². The van der Waals surface area contributed by atoms with E-state index in [-0.39, 0.29) is 135 Å². The third-order valence-corrected chi connectivity index (χ3v) is 21.3. The fraction of sp³-hybridized carbons (Fsp3) is 0.0515. The van der Waals surface area contributed by atoms with E-state index in [9.17, 15) is 9.90 Å². The van der Waals surface area contributed by atoms with Gasteiger partial charge in [-0.1, -0.05) is 232 Å². The van der Waals surface area contributed by atoms with Crippen LogP contribution in [-0.2, 0) is 120 Å². The van der Waals surface area contributed by atoms with Gasteiger partial charge in [-0.25, -0.2) is 0 Å². The van der Waals surface area contributed by atoms with Crippen molar-refractivity contribution in [1.29, 1.82) is 0 Å². The number of aromatic nitrogens is 3. The van der Waals surface area contributed by atoms with Crippen LogP contribution in [0.3, 0.4) is 0 Å². The van der Waals surface area contributed by atoms with Gasteiger partial charge in [-0.15, -0.1) is 100 Å². The molecule has 3 radical (unpaired) electrons. The second kappa shape index (κ2) is 42.5. The second-order valence-electron chi connectivity index (χ2n) is 25.9. The molecule has 0 aliphatic carbocycles. The Labute approximate surface area is 804 Å². The summed E-state index contributed by atoms with van der Waals surface area (Å²) >= 11 is 14.2. The van der Waals surface area contributed by atoms with Gasteiger partial charge in [0.25, 0.3) is 0 Å². The van der Waals surface area contributed by atoms with Gasteiger partial charge in [0.2, 0.25) is 0 Å². The van der Waals surface area contributed by atoms with Gasteiger partial charge in [0.15, 0.2) is 0 Å². The van der Waals surface area contributed by atoms with Gasteiger partial charge in [-0.2, -0.15) is 124 Å². The smallest absolute Gasteiger partial charge is 0.380 e. The molecule has 116 heavy (non-hydrogen) atoms. The predicted octanol–water partition coefficient (Wildman–Crippen LogP) is 22.5. The Morgan fingerprint density at radius 1 is 0.405 bits per heavy atom. The summed E-state index contributed by atoms with van der Waals surface area (Å²) in [5.41, 5.74) is 16.3. The van der Waals surface area contributed by atoms with E-state index in [4.69, 9.17) is 17.5 Å². The minimum absolute atomic E-state index is 0. The monoisotopic (exact) mass is 2030 g/mol. The summed E-state index contributed by atoms with van der Waals surface area (Å²) in [7, 11) is -4.67. The third-order valence-electron chi connectivity index (χ3n) is 19.3. The molecule has 0 spiro atoms. The zero-order chi connectivity index (χ0) is 77.2. The Balaban J connectivity index is 0.000000174. The van der Waals surface area contributed by atoms with Gasteiger partial charge in [0, 0.05) is 146 Å². The molecule has 565 valence electrons. The zero-order valence-electron chi connectivity index (χ0n) is 62.9. The molecule has 9 nitrogen and oxygen atoms in total. The third kappa shape index (κ3) is 19.7. The van der Waals surface area contributed by atoms with Gasteiger partial charge in [0.05, 0.1) is 61.5 Å². The number of hydrogen-bond acceptors (Lipinski definition) is 4. The molecule has 1 aliphatic heterocycles. The van der Waals surface area contributed by atoms with Crippen molar-refractivity contribution in [2.45, 2.75) is 30.8 Å². The maximum Gasteiger partial charge on any atom is 1.00 e. The van der Waals surface area contributed by atoms with E-state index in [0.717, 1.165) is 57.7 Å². The van der Waals surface area contributed by atoms with E-state index in [1.165, 1.54) is 83.3 Å². The number of fused-ring (bicyclic) bond motifs is 11. The first kappa shape index (κ1) is 93.2. The average Bonchev–Trinajstić information content (AvgIpc) is 1.43. The van der Waals surface area contributed by atoms with Crippen molar-refractivity contribution in [3.05, 3.63) is 451 Å². The average molecular weight is 2030 g/mol. The van der Waals surface area contributed by atoms with E-state index in [2.05, 4.69) is 340 Å². The van der Waals surface area contributed by atoms with Crippen molar-refractivity contribution in [3.63, 3.8) is 0 Å². The van der Waals surface area contributed by atoms with Crippen molar-refractivity contribution in [2.75, 3.05) is 0 Å². The molecule has 4 heterocycles. The number of para-hydroxylation sites is 9. The predicted molar refractivity (Wildman–Crippen MR) is 471 cm³/mol. The fourth-order valence-corrected chi connectivity index (χ4v) is 16.2. The van der Waals surface area contributed by atoms with Crippen LogP contribution >= 0.6 is 76.1 Å². The Kier molecular flexibility index (Phi) is 34.1. The first-order chi connectivity index (χ1) is 54.0. The maximum atomic E-state index is 12.6. The zero-order valence-corrected chi connectivity index (χ0v) is 79.4. The topological polar surface area (TPSA) is 127 Å². The van der Waals surface area contributed by atoms with E-state index >= 15 is 0 Å². The van der Waals surface area contributed by atoms with E-state index < -0.39 is 21.4 Å². The molecule has 0 bridgehead atoms. The van der Waals surface area contributed by atoms with Crippen LogP contribution in [-0.4, -0.2) is 42.1 Å². The molecule has 19 heteroatoms. The fourth-order valence-electron chi connectivity index (χ4n) is 14.6. The van der Waals surface area contributed by atoms with Crippen LogP contribution in [0.25, 0.3) is 82.5 Å². The molecule has 3 N–H and O–H groups in total. The Morgan fingerprint density at radius 3 is 1.28 bits per heavy atom. The van der Waals surface area contributed by atoms with Gasteiger partial charge < -0.3 is 30.5 Å². The Morgan fingerprint density at radius 2 is 0.784 bits per heavy atom. The number of ketones is 1. The van der Waals surface area contributed by atoms with Crippen LogP contribution < -0.4 is 18.9 Å². The number of hydrogen-bond donors (Lipinski definition) is 3. The number of nitrogens with zero attached hydrogens (tertiary/aromatic N) is 3. The van der Waals surface area contributed by atoms with Crippen LogP contribution in [0.2, 0.25) is 0 Å². The molecule has 15 aromatic carbocycles. The van der Waals surface area contributed by atoms with Crippen molar-refractivity contribution >= 4 is 158 Å². The standard InChI is InChI=1S/C31H20BrNO.C31H18BrN.C18H12BrN.C13H7BrO.C4H9.ClH.Li.H2O4S.3Y/c32-24-14-10-13-23(21-24)31(34,22-11-2-1-3-12-22)27-17-6-9-20-30(27)33-28-18-7-4-15-25(28)26-16-5-8-19-29(26)33;32-23-13-8-12-22(20-23)31(21-10-2-1-3-11-21)26-16-5-7-19-29(26)33-28-18-6-4-14-24(28)25-15-9-17-27(31)30(25)33;19-15-9-3-6-12-18(15)20-16-10-4-1-7-13(16)14-8-2-5-11-17(14)20;14-12-8-4-7-11(9-12)13(15)10-5-2-1-3-6-10;1-3-4-2;;;1-5(2,3)4;;;/h1-11,13-20,34H;1-10,12-19H;1-12H;1-5,7-8H;1,3-4H2,2H3;1H;;(H2,1,2,3,4);;;/q2*-2;;-2;-1;;+1;;;;. The number of benzene rings is 15. The summed E-state index contributed by atoms with van der Waals surface area (Å²) in [6.07, 6.45) is 2.28. The number of aliphatic hydroxyl groups is 1. The molecular weight excluding hydrogens is 1960 g/mol. The van der Waals surface area contributed by atoms with Crippen LogP contribution in [0.5, 0.6) is 0 Å². The van der Waals surface area contributed by atoms with Crippen LogP contribution in [0.1, 0.15) is 74.6 Å². The van der Waals surface area contributed by atoms with Crippen LogP contribution in [0, 0.1) is 43.3 Å². The molecule has 0 fully saturated rings. The minimum atomic E-state index is -4.67. The molecular formula is C97H69Br4ClLiN3O6SY3-6. The van der Waals surface area contributed by atoms with Crippen molar-refractivity contribution < 1.29 is 144 Å². The number of halogens is 5. The maximum absolute atomic E-state index is 12.6. The van der Waals surface area contributed by atoms with E-state index in [1.54, 1.807) is 18.2 Å². The van der Waals surface area contributed by atoms with Crippen LogP contribution in [0.15, 0.2) is 358 Å². The van der Waals surface area contributed by atoms with Crippen molar-refractivity contribution in [2.24, 2.45) is 0 Å². The quantitative estimate of drug-likeness (QED) is 0.0412. The SMILES string of the molecule is Brc1[c-]c(C2(c3[c-]cccc3)c3ccccc3-n3c4ccccc4c4cccc2c43)ccc1.Brc1ccccc1-n1c2ccccc2c2ccccc21.Cl.O=C(c1[c-]cccc1)c1[c-]c(Br)ccc1.O=S(=O)(O)O.OC(c1[c-]cccc1)(c1[c-]c(Br)ccc1)c1ccccc1-n1c2ccccc2c2ccccc21.[CH2-]CCC.[Li+].[Y].[Y].[Y]. The van der Waals surface area contributed by atoms with Gasteiger partial charge in [-0.3, -0.25) is 9.11 Å². The number of carbonyl (C=O) groups is 1. The number of unbranched alkanes of at least 4 members (excludes halogenated alkanes) is 1. The van der Waals surface area contributed by atoms with E-state index in [0.29, 0.717) is 22.3 Å². The molecule has 1 aliphatic rings. The first-order valence-electron chi connectivity index (χ1n) is 35.7. The Hall–Kier alpha value is -6.68. The largest absolute Gasteiger partial charge is 1.00 e. The molecule has 0 saturated carbocycles. The molecule has 2 atom stereocenters.